The second-order valence-corrected chi connectivity index (χ2v) is 6.81. The Morgan fingerprint density at radius 1 is 1.04 bits per heavy atom. The number of nitrogens with zero attached hydrogens (tertiary/aromatic N) is 3. The Hall–Kier alpha value is -1.94. The molecular weight excluding hydrogens is 284 g/mol. The highest BCUT2D eigenvalue weighted by Crippen LogP contribution is 2.30. The van der Waals surface area contributed by atoms with Crippen LogP contribution < -0.4 is 10.2 Å². The van der Waals surface area contributed by atoms with Crippen molar-refractivity contribution in [2.24, 2.45) is 5.92 Å². The maximum absolute atomic E-state index is 4.23. The molecule has 0 saturated carbocycles. The van der Waals surface area contributed by atoms with E-state index < -0.39 is 0 Å². The van der Waals surface area contributed by atoms with Gasteiger partial charge in [0.05, 0.1) is 5.69 Å². The minimum Gasteiger partial charge on any atom is -0.370 e. The zero-order valence-electron chi connectivity index (χ0n) is 13.5. The Balaban J connectivity index is 1.32. The first kappa shape index (κ1) is 14.6. The standard InChI is InChI=1S/C19H24N4/c1-2-19(22-21-9-1)17-13-23(14-17)18-5-3-15(4-6-18)12-16-7-10-20-11-8-16/h1-6,9,16-17,20H,7-8,10-14H2. The monoisotopic (exact) mass is 308 g/mol. The number of hydrogen-bond donors (Lipinski definition) is 1. The number of hydrogen-bond acceptors (Lipinski definition) is 4. The number of anilines is 1. The third kappa shape index (κ3) is 3.37. The lowest BCUT2D eigenvalue weighted by atomic mass is 9.90. The van der Waals surface area contributed by atoms with E-state index in [9.17, 15) is 0 Å². The summed E-state index contributed by atoms with van der Waals surface area (Å²) in [6.07, 6.45) is 5.59. The molecule has 0 spiro atoms. The molecule has 2 aromatic rings. The first-order valence-electron chi connectivity index (χ1n) is 8.71. The van der Waals surface area contributed by atoms with Crippen LogP contribution in [0.4, 0.5) is 5.69 Å². The lowest BCUT2D eigenvalue weighted by Gasteiger charge is -2.40. The summed E-state index contributed by atoms with van der Waals surface area (Å²) in [5.74, 6) is 1.38. The van der Waals surface area contributed by atoms with Crippen molar-refractivity contribution in [1.29, 1.82) is 0 Å². The largest absolute Gasteiger partial charge is 0.370 e. The first-order chi connectivity index (χ1) is 11.4. The van der Waals surface area contributed by atoms with Gasteiger partial charge in [0.25, 0.3) is 0 Å². The van der Waals surface area contributed by atoms with Gasteiger partial charge in [-0.2, -0.15) is 10.2 Å². The summed E-state index contributed by atoms with van der Waals surface area (Å²) in [6, 6.07) is 13.2. The van der Waals surface area contributed by atoms with Crippen LogP contribution >= 0.6 is 0 Å². The highest BCUT2D eigenvalue weighted by Gasteiger charge is 2.29. The summed E-state index contributed by atoms with van der Waals surface area (Å²) < 4.78 is 0. The molecule has 1 aromatic heterocycles. The van der Waals surface area contributed by atoms with Crippen molar-refractivity contribution in [2.45, 2.75) is 25.2 Å². The Kier molecular flexibility index (Phi) is 4.24. The van der Waals surface area contributed by atoms with Crippen molar-refractivity contribution in [2.75, 3.05) is 31.1 Å². The van der Waals surface area contributed by atoms with E-state index in [1.165, 1.54) is 43.6 Å². The van der Waals surface area contributed by atoms with Gasteiger partial charge < -0.3 is 10.2 Å². The van der Waals surface area contributed by atoms with E-state index in [4.69, 9.17) is 0 Å². The Morgan fingerprint density at radius 2 is 1.83 bits per heavy atom. The molecule has 0 bridgehead atoms. The molecule has 0 amide bonds. The normalized spacial score (nSPS) is 19.6. The third-order valence-electron chi connectivity index (χ3n) is 5.18. The molecule has 1 N–H and O–H groups in total. The smallest absolute Gasteiger partial charge is 0.0697 e. The molecule has 2 fully saturated rings. The van der Waals surface area contributed by atoms with Crippen LogP contribution in [0.3, 0.4) is 0 Å². The molecule has 2 aliphatic rings. The second-order valence-electron chi connectivity index (χ2n) is 6.81. The van der Waals surface area contributed by atoms with Gasteiger partial charge in [0.15, 0.2) is 0 Å². The van der Waals surface area contributed by atoms with Crippen LogP contribution in [0.1, 0.15) is 30.0 Å². The van der Waals surface area contributed by atoms with Gasteiger partial charge in [-0.25, -0.2) is 0 Å². The van der Waals surface area contributed by atoms with Crippen molar-refractivity contribution >= 4 is 5.69 Å². The number of piperidine rings is 1. The van der Waals surface area contributed by atoms with Crippen molar-refractivity contribution < 1.29 is 0 Å². The van der Waals surface area contributed by atoms with Crippen LogP contribution in [0.25, 0.3) is 0 Å². The average molecular weight is 308 g/mol. The highest BCUT2D eigenvalue weighted by molar-refractivity contribution is 5.51. The number of aromatic nitrogens is 2. The van der Waals surface area contributed by atoms with Crippen molar-refractivity contribution in [3.05, 3.63) is 53.9 Å². The van der Waals surface area contributed by atoms with Crippen LogP contribution in [-0.2, 0) is 6.42 Å². The van der Waals surface area contributed by atoms with Crippen LogP contribution in [0, 0.1) is 5.92 Å². The summed E-state index contributed by atoms with van der Waals surface area (Å²) in [5, 5.41) is 11.6. The first-order valence-corrected chi connectivity index (χ1v) is 8.71. The average Bonchev–Trinajstić information content (AvgIpc) is 2.57. The molecule has 2 aliphatic heterocycles. The molecule has 120 valence electrons. The van der Waals surface area contributed by atoms with Gasteiger partial charge in [-0.3, -0.25) is 0 Å². The molecule has 2 saturated heterocycles. The highest BCUT2D eigenvalue weighted by atomic mass is 15.2. The van der Waals surface area contributed by atoms with Crippen LogP contribution in [0.5, 0.6) is 0 Å². The van der Waals surface area contributed by atoms with Gasteiger partial charge in [-0.05, 0) is 68.1 Å². The molecule has 0 atom stereocenters. The van der Waals surface area contributed by atoms with Crippen LogP contribution in [0.2, 0.25) is 0 Å². The fraction of sp³-hybridized carbons (Fsp3) is 0.474. The topological polar surface area (TPSA) is 41.1 Å². The fourth-order valence-corrected chi connectivity index (χ4v) is 3.67. The fourth-order valence-electron chi connectivity index (χ4n) is 3.67. The number of nitrogens with one attached hydrogen (secondary N) is 1. The predicted molar refractivity (Wildman–Crippen MR) is 92.7 cm³/mol. The predicted octanol–water partition coefficient (Wildman–Crippen LogP) is 2.62. The minimum atomic E-state index is 0.526. The second kappa shape index (κ2) is 6.67. The minimum absolute atomic E-state index is 0.526. The van der Waals surface area contributed by atoms with Gasteiger partial charge in [-0.15, -0.1) is 0 Å². The zero-order chi connectivity index (χ0) is 15.5. The zero-order valence-corrected chi connectivity index (χ0v) is 13.5. The molecule has 0 radical (unpaired) electrons. The SMILES string of the molecule is c1cnnc(C2CN(c3ccc(CC4CCNCC4)cc3)C2)c1. The maximum atomic E-state index is 4.23. The summed E-state index contributed by atoms with van der Waals surface area (Å²) in [6.45, 7) is 4.46. The molecule has 3 heterocycles. The van der Waals surface area contributed by atoms with Gasteiger partial charge >= 0.3 is 0 Å². The van der Waals surface area contributed by atoms with Crippen molar-refractivity contribution in [3.8, 4) is 0 Å². The molecule has 4 rings (SSSR count). The van der Waals surface area contributed by atoms with Gasteiger partial charge in [-0.1, -0.05) is 12.1 Å². The molecule has 4 heteroatoms. The molecule has 0 unspecified atom stereocenters. The quantitative estimate of drug-likeness (QED) is 0.943. The summed E-state index contributed by atoms with van der Waals surface area (Å²) in [5.41, 5.74) is 3.93. The maximum Gasteiger partial charge on any atom is 0.0697 e. The van der Waals surface area contributed by atoms with E-state index in [0.29, 0.717) is 5.92 Å². The van der Waals surface area contributed by atoms with Gasteiger partial charge in [0, 0.05) is 30.9 Å². The van der Waals surface area contributed by atoms with Crippen LogP contribution in [0.15, 0.2) is 42.6 Å². The molecule has 23 heavy (non-hydrogen) atoms. The Bertz CT molecular complexity index is 614. The Morgan fingerprint density at radius 3 is 2.52 bits per heavy atom. The van der Waals surface area contributed by atoms with E-state index in [1.807, 2.05) is 6.07 Å². The van der Waals surface area contributed by atoms with Crippen molar-refractivity contribution in [3.63, 3.8) is 0 Å². The number of rotatable bonds is 4. The molecule has 4 nitrogen and oxygen atoms in total. The van der Waals surface area contributed by atoms with Crippen molar-refractivity contribution in [1.82, 2.24) is 15.5 Å². The molecular formula is C19H24N4. The lowest BCUT2D eigenvalue weighted by molar-refractivity contribution is 0.372. The van der Waals surface area contributed by atoms with E-state index in [-0.39, 0.29) is 0 Å². The van der Waals surface area contributed by atoms with Gasteiger partial charge in [0.1, 0.15) is 0 Å². The van der Waals surface area contributed by atoms with E-state index in [2.05, 4.69) is 50.7 Å². The van der Waals surface area contributed by atoms with E-state index in [0.717, 1.165) is 24.7 Å². The molecule has 1 aromatic carbocycles. The molecule has 0 aliphatic carbocycles. The Labute approximate surface area is 137 Å². The van der Waals surface area contributed by atoms with E-state index in [1.54, 1.807) is 6.20 Å². The lowest BCUT2D eigenvalue weighted by Crippen LogP contribution is -2.45. The van der Waals surface area contributed by atoms with E-state index >= 15 is 0 Å². The third-order valence-corrected chi connectivity index (χ3v) is 5.18. The van der Waals surface area contributed by atoms with Gasteiger partial charge in [0.2, 0.25) is 0 Å². The van der Waals surface area contributed by atoms with Crippen LogP contribution in [-0.4, -0.2) is 36.4 Å². The summed E-state index contributed by atoms with van der Waals surface area (Å²) in [4.78, 5) is 2.42. The summed E-state index contributed by atoms with van der Waals surface area (Å²) in [7, 11) is 0. The number of benzene rings is 1. The summed E-state index contributed by atoms with van der Waals surface area (Å²) >= 11 is 0.